The van der Waals surface area contributed by atoms with Gasteiger partial charge < -0.3 is 5.32 Å². The molecule has 1 aliphatic rings. The number of aryl methyl sites for hydroxylation is 1. The van der Waals surface area contributed by atoms with Crippen LogP contribution in [0.2, 0.25) is 0 Å². The first-order valence-electron chi connectivity index (χ1n) is 9.76. The first-order chi connectivity index (χ1) is 11.9. The van der Waals surface area contributed by atoms with Crippen LogP contribution in [0.4, 0.5) is 0 Å². The van der Waals surface area contributed by atoms with Crippen molar-refractivity contribution in [2.75, 3.05) is 0 Å². The molecule has 25 heavy (non-hydrogen) atoms. The maximum absolute atomic E-state index is 12.5. The van der Waals surface area contributed by atoms with Crippen molar-refractivity contribution >= 4 is 5.91 Å². The third kappa shape index (κ3) is 5.16. The van der Waals surface area contributed by atoms with Crippen LogP contribution in [0.15, 0.2) is 16.9 Å². The van der Waals surface area contributed by atoms with E-state index in [0.29, 0.717) is 17.7 Å². The van der Waals surface area contributed by atoms with Gasteiger partial charge in [0.1, 0.15) is 5.69 Å². The number of nitrogens with one attached hydrogen (secondary N) is 1. The first-order valence-corrected chi connectivity index (χ1v) is 9.76. The van der Waals surface area contributed by atoms with Gasteiger partial charge >= 0.3 is 0 Å². The summed E-state index contributed by atoms with van der Waals surface area (Å²) in [6, 6.07) is 3.19. The van der Waals surface area contributed by atoms with Crippen molar-refractivity contribution < 1.29 is 4.79 Å². The zero-order valence-electron chi connectivity index (χ0n) is 16.2. The van der Waals surface area contributed by atoms with Crippen LogP contribution in [0.3, 0.4) is 0 Å². The van der Waals surface area contributed by atoms with Gasteiger partial charge in [-0.3, -0.25) is 9.59 Å². The second-order valence-corrected chi connectivity index (χ2v) is 8.00. The smallest absolute Gasteiger partial charge is 0.271 e. The van der Waals surface area contributed by atoms with Crippen molar-refractivity contribution in [3.8, 4) is 0 Å². The number of unbranched alkanes of at least 4 members (excludes halogenated alkanes) is 1. The average molecular weight is 348 g/mol. The molecular formula is C20H33N3O2. The van der Waals surface area contributed by atoms with Gasteiger partial charge in [0, 0.05) is 18.7 Å². The molecule has 1 fully saturated rings. The molecule has 1 amide bonds. The van der Waals surface area contributed by atoms with E-state index >= 15 is 0 Å². The average Bonchev–Trinajstić information content (AvgIpc) is 2.61. The highest BCUT2D eigenvalue weighted by molar-refractivity contribution is 5.92. The minimum absolute atomic E-state index is 0.146. The Kier molecular flexibility index (Phi) is 6.79. The molecule has 0 atom stereocenters. The molecule has 1 heterocycles. The van der Waals surface area contributed by atoms with E-state index < -0.39 is 0 Å². The van der Waals surface area contributed by atoms with E-state index in [1.165, 1.54) is 23.2 Å². The number of carbonyl (C=O) groups is 1. The molecule has 1 aromatic heterocycles. The molecule has 1 aromatic rings. The monoisotopic (exact) mass is 347 g/mol. The summed E-state index contributed by atoms with van der Waals surface area (Å²) in [5.41, 5.74) is 0.574. The number of rotatable bonds is 7. The summed E-state index contributed by atoms with van der Waals surface area (Å²) in [4.78, 5) is 24.3. The summed E-state index contributed by atoms with van der Waals surface area (Å²) in [5.74, 6) is 0.572. The lowest BCUT2D eigenvalue weighted by Crippen LogP contribution is -2.40. The summed E-state index contributed by atoms with van der Waals surface area (Å²) in [7, 11) is 0. The van der Waals surface area contributed by atoms with Crippen LogP contribution in [0, 0.1) is 11.3 Å². The van der Waals surface area contributed by atoms with Gasteiger partial charge in [-0.15, -0.1) is 0 Å². The highest BCUT2D eigenvalue weighted by Crippen LogP contribution is 2.40. The lowest BCUT2D eigenvalue weighted by atomic mass is 9.69. The van der Waals surface area contributed by atoms with E-state index in [0.717, 1.165) is 44.4 Å². The van der Waals surface area contributed by atoms with Crippen LogP contribution in [0.5, 0.6) is 0 Å². The Bertz CT molecular complexity index is 628. The van der Waals surface area contributed by atoms with E-state index in [4.69, 9.17) is 0 Å². The highest BCUT2D eigenvalue weighted by Gasteiger charge is 2.32. The van der Waals surface area contributed by atoms with Crippen molar-refractivity contribution in [1.29, 1.82) is 0 Å². The zero-order valence-corrected chi connectivity index (χ0v) is 16.2. The molecule has 0 unspecified atom stereocenters. The number of carbonyl (C=O) groups excluding carboxylic acids is 1. The Morgan fingerprint density at radius 2 is 1.92 bits per heavy atom. The topological polar surface area (TPSA) is 64.0 Å². The van der Waals surface area contributed by atoms with Crippen molar-refractivity contribution in [2.24, 2.45) is 11.3 Å². The van der Waals surface area contributed by atoms with Crippen molar-refractivity contribution in [2.45, 2.75) is 85.2 Å². The highest BCUT2D eigenvalue weighted by atomic mass is 16.2. The summed E-state index contributed by atoms with van der Waals surface area (Å²) in [6.07, 6.45) is 7.43. The molecule has 0 spiro atoms. The molecule has 0 saturated heterocycles. The Morgan fingerprint density at radius 3 is 2.52 bits per heavy atom. The standard InChI is InChI=1S/C20H33N3O2/c1-5-7-14-23-18(24)13-12-17(22-23)19(25)21-16-10-8-15(9-11-16)20(3,4)6-2/h12-13,15-16H,5-11,14H2,1-4H3,(H,21,25). The molecule has 5 nitrogen and oxygen atoms in total. The van der Waals surface area contributed by atoms with Gasteiger partial charge in [-0.1, -0.05) is 40.5 Å². The molecule has 0 bridgehead atoms. The molecule has 140 valence electrons. The van der Waals surface area contributed by atoms with Crippen molar-refractivity contribution in [1.82, 2.24) is 15.1 Å². The predicted molar refractivity (Wildman–Crippen MR) is 101 cm³/mol. The quantitative estimate of drug-likeness (QED) is 0.816. The minimum Gasteiger partial charge on any atom is -0.348 e. The second-order valence-electron chi connectivity index (χ2n) is 8.00. The molecule has 1 N–H and O–H groups in total. The van der Waals surface area contributed by atoms with E-state index in [9.17, 15) is 9.59 Å². The van der Waals surface area contributed by atoms with E-state index in [-0.39, 0.29) is 17.5 Å². The first kappa shape index (κ1) is 19.7. The van der Waals surface area contributed by atoms with E-state index in [1.54, 1.807) is 0 Å². The molecule has 1 saturated carbocycles. The number of hydrogen-bond donors (Lipinski definition) is 1. The number of hydrogen-bond acceptors (Lipinski definition) is 3. The van der Waals surface area contributed by atoms with E-state index in [2.05, 4.69) is 38.1 Å². The molecular weight excluding hydrogens is 314 g/mol. The Balaban J connectivity index is 1.94. The Morgan fingerprint density at radius 1 is 1.24 bits per heavy atom. The van der Waals surface area contributed by atoms with E-state index in [1.807, 2.05) is 0 Å². The molecule has 0 radical (unpaired) electrons. The Hall–Kier alpha value is -1.65. The fourth-order valence-electron chi connectivity index (χ4n) is 3.61. The number of nitrogens with zero attached hydrogens (tertiary/aromatic N) is 2. The van der Waals surface area contributed by atoms with Gasteiger partial charge in [0.2, 0.25) is 0 Å². The van der Waals surface area contributed by atoms with Gasteiger partial charge in [0.15, 0.2) is 0 Å². The second kappa shape index (κ2) is 8.63. The Labute approximate surface area is 151 Å². The van der Waals surface area contributed by atoms with Crippen molar-refractivity contribution in [3.63, 3.8) is 0 Å². The summed E-state index contributed by atoms with van der Waals surface area (Å²) in [6.45, 7) is 9.58. The lowest BCUT2D eigenvalue weighted by molar-refractivity contribution is 0.0886. The molecule has 0 aliphatic heterocycles. The zero-order chi connectivity index (χ0) is 18.4. The van der Waals surface area contributed by atoms with Crippen LogP contribution in [-0.2, 0) is 6.54 Å². The van der Waals surface area contributed by atoms with Gasteiger partial charge in [-0.2, -0.15) is 5.10 Å². The molecule has 2 rings (SSSR count). The third-order valence-corrected chi connectivity index (χ3v) is 5.90. The lowest BCUT2D eigenvalue weighted by Gasteiger charge is -2.39. The van der Waals surface area contributed by atoms with Gasteiger partial charge in [-0.25, -0.2) is 4.68 Å². The van der Waals surface area contributed by atoms with Crippen LogP contribution >= 0.6 is 0 Å². The third-order valence-electron chi connectivity index (χ3n) is 5.90. The van der Waals surface area contributed by atoms with Gasteiger partial charge in [0.25, 0.3) is 11.5 Å². The van der Waals surface area contributed by atoms with Crippen molar-refractivity contribution in [3.05, 3.63) is 28.2 Å². The summed E-state index contributed by atoms with van der Waals surface area (Å²) < 4.78 is 1.40. The largest absolute Gasteiger partial charge is 0.348 e. The molecule has 5 heteroatoms. The number of aromatic nitrogens is 2. The van der Waals surface area contributed by atoms with Crippen LogP contribution < -0.4 is 10.9 Å². The van der Waals surface area contributed by atoms with Gasteiger partial charge in [-0.05, 0) is 49.5 Å². The van der Waals surface area contributed by atoms with Gasteiger partial charge in [0.05, 0.1) is 0 Å². The SMILES string of the molecule is CCCCn1nc(C(=O)NC2CCC(C(C)(C)CC)CC2)ccc1=O. The molecule has 1 aliphatic carbocycles. The fraction of sp³-hybridized carbons (Fsp3) is 0.750. The normalized spacial score (nSPS) is 21.1. The van der Waals surface area contributed by atoms with Crippen LogP contribution in [0.25, 0.3) is 0 Å². The fourth-order valence-corrected chi connectivity index (χ4v) is 3.61. The van der Waals surface area contributed by atoms with Crippen LogP contribution in [-0.4, -0.2) is 21.7 Å². The maximum Gasteiger partial charge on any atom is 0.271 e. The maximum atomic E-state index is 12.5. The summed E-state index contributed by atoms with van der Waals surface area (Å²) in [5, 5.41) is 7.35. The minimum atomic E-state index is -0.163. The molecule has 0 aromatic carbocycles. The predicted octanol–water partition coefficient (Wildman–Crippen LogP) is 3.77. The summed E-state index contributed by atoms with van der Waals surface area (Å²) >= 11 is 0. The number of amides is 1. The van der Waals surface area contributed by atoms with Crippen LogP contribution in [0.1, 0.15) is 83.1 Å².